The maximum absolute atomic E-state index is 14.2. The van der Waals surface area contributed by atoms with Crippen molar-refractivity contribution in [3.05, 3.63) is 59.3 Å². The Hall–Kier alpha value is -3.76. The smallest absolute Gasteiger partial charge is 0.255 e. The van der Waals surface area contributed by atoms with E-state index >= 15 is 0 Å². The molecule has 1 aliphatic carbocycles. The molecule has 5 heterocycles. The van der Waals surface area contributed by atoms with Crippen LogP contribution in [0.1, 0.15) is 59.5 Å². The molecule has 3 N–H and O–H groups in total. The molecule has 0 bridgehead atoms. The van der Waals surface area contributed by atoms with Crippen molar-refractivity contribution in [3.63, 3.8) is 0 Å². The van der Waals surface area contributed by atoms with E-state index in [-0.39, 0.29) is 30.8 Å². The van der Waals surface area contributed by atoms with Crippen molar-refractivity contribution in [2.24, 2.45) is 11.7 Å². The van der Waals surface area contributed by atoms with Crippen LogP contribution in [-0.4, -0.2) is 85.9 Å². The van der Waals surface area contributed by atoms with Gasteiger partial charge in [0.15, 0.2) is 0 Å². The van der Waals surface area contributed by atoms with Gasteiger partial charge < -0.3 is 25.2 Å². The van der Waals surface area contributed by atoms with Crippen LogP contribution >= 0.6 is 0 Å². The van der Waals surface area contributed by atoms with Crippen LogP contribution in [0.5, 0.6) is 0 Å². The van der Waals surface area contributed by atoms with Gasteiger partial charge in [-0.3, -0.25) is 9.59 Å². The van der Waals surface area contributed by atoms with Gasteiger partial charge in [-0.15, -0.1) is 0 Å². The summed E-state index contributed by atoms with van der Waals surface area (Å²) >= 11 is 0. The predicted molar refractivity (Wildman–Crippen MR) is 163 cm³/mol. The first-order valence-electron chi connectivity index (χ1n) is 15.5. The SMILES string of the molecule is Cc1c(-c2cc3cccc(C4CCN(C(=O)CO)CC4)c3n2CC2CC2)nn2cc(C(=O)N3C[C@H](N)C[C@@H](F)C3)ccc12. The number of benzene rings is 1. The molecular formula is C33H39FN6O3. The molecule has 3 aliphatic rings. The van der Waals surface area contributed by atoms with Crippen LogP contribution in [0.2, 0.25) is 0 Å². The lowest BCUT2D eigenvalue weighted by Gasteiger charge is -2.32. The number of aliphatic hydroxyl groups excluding tert-OH is 1. The second kappa shape index (κ2) is 11.1. The molecule has 0 unspecified atom stereocenters. The largest absolute Gasteiger partial charge is 0.387 e. The van der Waals surface area contributed by atoms with Gasteiger partial charge in [0.1, 0.15) is 18.5 Å². The second-order valence-electron chi connectivity index (χ2n) is 12.7. The fourth-order valence-electron chi connectivity index (χ4n) is 7.13. The highest BCUT2D eigenvalue weighted by Gasteiger charge is 2.31. The molecule has 0 spiro atoms. The van der Waals surface area contributed by atoms with E-state index in [4.69, 9.17) is 10.8 Å². The van der Waals surface area contributed by atoms with Crippen LogP contribution in [0.4, 0.5) is 4.39 Å². The maximum Gasteiger partial charge on any atom is 0.255 e. The van der Waals surface area contributed by atoms with Crippen molar-refractivity contribution in [1.82, 2.24) is 24.0 Å². The number of nitrogens with zero attached hydrogens (tertiary/aromatic N) is 5. The zero-order valence-corrected chi connectivity index (χ0v) is 24.6. The van der Waals surface area contributed by atoms with Gasteiger partial charge in [0.25, 0.3) is 5.91 Å². The van der Waals surface area contributed by atoms with Crippen LogP contribution in [0.3, 0.4) is 0 Å². The molecule has 2 amide bonds. The van der Waals surface area contributed by atoms with Crippen LogP contribution in [0, 0.1) is 12.8 Å². The molecule has 10 heteroatoms. The summed E-state index contributed by atoms with van der Waals surface area (Å²) in [6.07, 6.45) is 5.10. The molecule has 1 aromatic carbocycles. The number of piperidine rings is 2. The highest BCUT2D eigenvalue weighted by atomic mass is 19.1. The van der Waals surface area contributed by atoms with Gasteiger partial charge in [-0.1, -0.05) is 18.2 Å². The van der Waals surface area contributed by atoms with Gasteiger partial charge in [-0.25, -0.2) is 8.91 Å². The number of alkyl halides is 1. The minimum atomic E-state index is -1.11. The first kappa shape index (κ1) is 28.0. The lowest BCUT2D eigenvalue weighted by atomic mass is 9.88. The summed E-state index contributed by atoms with van der Waals surface area (Å²) in [5.41, 5.74) is 12.9. The fraction of sp³-hybridized carbons (Fsp3) is 0.485. The summed E-state index contributed by atoms with van der Waals surface area (Å²) in [7, 11) is 0. The van der Waals surface area contributed by atoms with Crippen LogP contribution in [0.25, 0.3) is 27.8 Å². The van der Waals surface area contributed by atoms with Crippen molar-refractivity contribution >= 4 is 28.2 Å². The number of rotatable bonds is 6. The number of aromatic nitrogens is 3. The van der Waals surface area contributed by atoms with E-state index in [0.29, 0.717) is 37.0 Å². The number of carbonyl (C=O) groups excluding carboxylic acids is 2. The summed E-state index contributed by atoms with van der Waals surface area (Å²) in [4.78, 5) is 28.6. The van der Waals surface area contributed by atoms with E-state index in [0.717, 1.165) is 41.9 Å². The Balaban J connectivity index is 1.26. The summed E-state index contributed by atoms with van der Waals surface area (Å²) in [5.74, 6) is 0.543. The molecule has 7 rings (SSSR count). The number of amides is 2. The highest BCUT2D eigenvalue weighted by Crippen LogP contribution is 2.41. The Morgan fingerprint density at radius 2 is 1.86 bits per heavy atom. The van der Waals surface area contributed by atoms with E-state index in [9.17, 15) is 19.1 Å². The number of hydrogen-bond donors (Lipinski definition) is 2. The monoisotopic (exact) mass is 586 g/mol. The number of aryl methyl sites for hydroxylation is 1. The lowest BCUT2D eigenvalue weighted by Crippen LogP contribution is -2.50. The van der Waals surface area contributed by atoms with E-state index < -0.39 is 12.8 Å². The predicted octanol–water partition coefficient (Wildman–Crippen LogP) is 3.88. The molecule has 1 saturated carbocycles. The van der Waals surface area contributed by atoms with Crippen molar-refractivity contribution in [1.29, 1.82) is 0 Å². The molecule has 0 radical (unpaired) electrons. The van der Waals surface area contributed by atoms with Crippen LogP contribution in [0.15, 0.2) is 42.6 Å². The molecule has 4 aromatic rings. The Morgan fingerprint density at radius 3 is 2.58 bits per heavy atom. The normalized spacial score (nSPS) is 21.7. The number of fused-ring (bicyclic) bond motifs is 2. The van der Waals surface area contributed by atoms with E-state index in [2.05, 4.69) is 35.8 Å². The zero-order chi connectivity index (χ0) is 29.8. The van der Waals surface area contributed by atoms with E-state index in [1.54, 1.807) is 21.7 Å². The molecule has 3 aromatic heterocycles. The van der Waals surface area contributed by atoms with Crippen molar-refractivity contribution < 1.29 is 19.1 Å². The molecule has 3 fully saturated rings. The molecule has 9 nitrogen and oxygen atoms in total. The first-order chi connectivity index (χ1) is 20.8. The number of likely N-dealkylation sites (tertiary alicyclic amines) is 2. The van der Waals surface area contributed by atoms with Crippen molar-refractivity contribution in [3.8, 4) is 11.4 Å². The third kappa shape index (κ3) is 5.20. The summed E-state index contributed by atoms with van der Waals surface area (Å²) in [6, 6.07) is 12.1. The number of hydrogen-bond acceptors (Lipinski definition) is 5. The highest BCUT2D eigenvalue weighted by molar-refractivity contribution is 5.95. The lowest BCUT2D eigenvalue weighted by molar-refractivity contribution is -0.135. The Kier molecular flexibility index (Phi) is 7.21. The van der Waals surface area contributed by atoms with Gasteiger partial charge in [-0.05, 0) is 74.6 Å². The maximum atomic E-state index is 14.2. The number of nitrogens with two attached hydrogens (primary N) is 1. The fourth-order valence-corrected chi connectivity index (χ4v) is 7.13. The second-order valence-corrected chi connectivity index (χ2v) is 12.7. The third-order valence-electron chi connectivity index (χ3n) is 9.60. The van der Waals surface area contributed by atoms with Crippen molar-refractivity contribution in [2.45, 2.75) is 63.7 Å². The molecular weight excluding hydrogens is 547 g/mol. The van der Waals surface area contributed by atoms with Crippen molar-refractivity contribution in [2.75, 3.05) is 32.8 Å². The van der Waals surface area contributed by atoms with Gasteiger partial charge in [-0.2, -0.15) is 5.10 Å². The number of carbonyl (C=O) groups is 2. The molecule has 2 atom stereocenters. The van der Waals surface area contributed by atoms with Gasteiger partial charge >= 0.3 is 0 Å². The number of pyridine rings is 1. The van der Waals surface area contributed by atoms with E-state index in [1.165, 1.54) is 34.2 Å². The van der Waals surface area contributed by atoms with Crippen LogP contribution < -0.4 is 5.73 Å². The summed E-state index contributed by atoms with van der Waals surface area (Å²) < 4.78 is 18.4. The quantitative estimate of drug-likeness (QED) is 0.357. The molecule has 2 aliphatic heterocycles. The molecule has 226 valence electrons. The van der Waals surface area contributed by atoms with Crippen LogP contribution in [-0.2, 0) is 11.3 Å². The van der Waals surface area contributed by atoms with Gasteiger partial charge in [0, 0.05) is 49.4 Å². The Morgan fingerprint density at radius 1 is 1.07 bits per heavy atom. The topological polar surface area (TPSA) is 109 Å². The standard InChI is InChI=1S/C33H39FN6O3/c1-20-28-8-7-24(33(43)38-17-25(34)14-26(35)18-38)16-40(28)36-31(20)29-13-23-3-2-4-27(32(23)39(29)15-21-5-6-21)22-9-11-37(12-10-22)30(42)19-41/h2-4,7-8,13,16,21-22,25-26,41H,5-6,9-12,14-15,17-19,35H2,1H3/t25-,26-/m1/s1. The number of aliphatic hydroxyl groups is 1. The van der Waals surface area contributed by atoms with Gasteiger partial charge in [0.05, 0.1) is 28.8 Å². The first-order valence-corrected chi connectivity index (χ1v) is 15.5. The minimum Gasteiger partial charge on any atom is -0.387 e. The van der Waals surface area contributed by atoms with E-state index in [1.807, 2.05) is 6.07 Å². The number of halogens is 1. The molecule has 43 heavy (non-hydrogen) atoms. The third-order valence-corrected chi connectivity index (χ3v) is 9.60. The molecule has 2 saturated heterocycles. The summed E-state index contributed by atoms with van der Waals surface area (Å²) in [5, 5.41) is 15.5. The average molecular weight is 587 g/mol. The minimum absolute atomic E-state index is 0.0638. The Bertz CT molecular complexity index is 1690. The summed E-state index contributed by atoms with van der Waals surface area (Å²) in [6.45, 7) is 4.28. The zero-order valence-electron chi connectivity index (χ0n) is 24.6. The van der Waals surface area contributed by atoms with Gasteiger partial charge in [0.2, 0.25) is 5.91 Å². The average Bonchev–Trinajstić information content (AvgIpc) is 3.68. The number of para-hydroxylation sites is 1. The Labute approximate surface area is 250 Å².